The smallest absolute Gasteiger partial charge is 0.173 e. The van der Waals surface area contributed by atoms with Crippen molar-refractivity contribution in [1.82, 2.24) is 0 Å². The van der Waals surface area contributed by atoms with Gasteiger partial charge in [-0.1, -0.05) is 11.7 Å². The number of benzene rings is 2. The average molecular weight is 466 g/mol. The molecule has 0 bridgehead atoms. The predicted octanol–water partition coefficient (Wildman–Crippen LogP) is 3.83. The Labute approximate surface area is 198 Å². The molecule has 0 radical (unpaired) electrons. The third-order valence-electron chi connectivity index (χ3n) is 6.33. The van der Waals surface area contributed by atoms with Crippen LogP contribution in [0.2, 0.25) is 0 Å². The van der Waals surface area contributed by atoms with E-state index in [9.17, 15) is 4.79 Å². The molecule has 0 amide bonds. The number of oxime groups is 1. The zero-order valence-electron chi connectivity index (χ0n) is 19.7. The van der Waals surface area contributed by atoms with Crippen molar-refractivity contribution in [2.24, 2.45) is 5.16 Å². The summed E-state index contributed by atoms with van der Waals surface area (Å²) in [6.45, 7) is 7.76. The summed E-state index contributed by atoms with van der Waals surface area (Å²) in [5, 5.41) is 4.46. The highest BCUT2D eigenvalue weighted by molar-refractivity contribution is 6.09. The van der Waals surface area contributed by atoms with Gasteiger partial charge in [-0.25, -0.2) is 0 Å². The first-order valence-corrected chi connectivity index (χ1v) is 11.1. The molecule has 0 saturated carbocycles. The van der Waals surface area contributed by atoms with Crippen LogP contribution in [-0.4, -0.2) is 51.1 Å². The van der Waals surface area contributed by atoms with Crippen LogP contribution in [0, 0.1) is 0 Å². The van der Waals surface area contributed by atoms with Gasteiger partial charge in [0.1, 0.15) is 42.3 Å². The minimum absolute atomic E-state index is 0.0475. The first kappa shape index (κ1) is 22.1. The molecule has 178 valence electrons. The maximum absolute atomic E-state index is 11.8. The van der Waals surface area contributed by atoms with Crippen molar-refractivity contribution in [1.29, 1.82) is 0 Å². The van der Waals surface area contributed by atoms with Crippen LogP contribution in [0.4, 0.5) is 0 Å². The minimum Gasteiger partial charge on any atom is -0.493 e. The molecular weight excluding hydrogens is 438 g/mol. The largest absolute Gasteiger partial charge is 0.493 e. The summed E-state index contributed by atoms with van der Waals surface area (Å²) in [6, 6.07) is 7.55. The summed E-state index contributed by atoms with van der Waals surface area (Å²) in [7, 11) is 3.18. The minimum atomic E-state index is -0.297. The highest BCUT2D eigenvalue weighted by atomic mass is 16.7. The lowest BCUT2D eigenvalue weighted by molar-refractivity contribution is -0.118. The number of hydrogen-bond donors (Lipinski definition) is 0. The van der Waals surface area contributed by atoms with Crippen LogP contribution >= 0.6 is 0 Å². The number of hydrogen-bond acceptors (Lipinski definition) is 8. The average Bonchev–Trinajstić information content (AvgIpc) is 3.46. The SMILES string of the molecule is C=C(C)C1Cc2c(ccc(C3=NOC4COc5cc(OC)c(OC)cc5C34)c2OCC(C)=O)O1. The highest BCUT2D eigenvalue weighted by Crippen LogP contribution is 2.48. The fraction of sp³-hybridized carbons (Fsp3) is 0.385. The van der Waals surface area contributed by atoms with Crippen molar-refractivity contribution in [3.8, 4) is 28.7 Å². The quantitative estimate of drug-likeness (QED) is 0.575. The lowest BCUT2D eigenvalue weighted by Crippen LogP contribution is -2.32. The number of fused-ring (bicyclic) bond motifs is 4. The molecule has 0 spiro atoms. The van der Waals surface area contributed by atoms with Crippen LogP contribution < -0.4 is 23.7 Å². The molecule has 34 heavy (non-hydrogen) atoms. The van der Waals surface area contributed by atoms with Crippen molar-refractivity contribution in [3.05, 3.63) is 53.1 Å². The van der Waals surface area contributed by atoms with Crippen LogP contribution in [0.1, 0.15) is 36.5 Å². The molecule has 8 heteroatoms. The molecule has 0 fully saturated rings. The van der Waals surface area contributed by atoms with Crippen molar-refractivity contribution >= 4 is 11.5 Å². The molecular formula is C26H27NO7. The topological polar surface area (TPSA) is 84.8 Å². The molecule has 8 nitrogen and oxygen atoms in total. The lowest BCUT2D eigenvalue weighted by Gasteiger charge is -2.28. The predicted molar refractivity (Wildman–Crippen MR) is 125 cm³/mol. The molecule has 3 unspecified atom stereocenters. The van der Waals surface area contributed by atoms with Crippen LogP contribution in [0.15, 0.2) is 41.6 Å². The molecule has 3 heterocycles. The number of ether oxygens (including phenoxy) is 5. The van der Waals surface area contributed by atoms with Gasteiger partial charge in [0.05, 0.1) is 20.1 Å². The summed E-state index contributed by atoms with van der Waals surface area (Å²) in [5.41, 5.74) is 4.19. The standard InChI is InChI=1S/C26H27NO7/c1-13(2)19-9-17-18(33-19)7-6-15(26(17)32-11-14(3)28)25-24-16-8-21(29-4)22(30-5)10-20(16)31-12-23(24)34-27-25/h6-8,10,19,23-24H,1,9,11-12H2,2-5H3. The van der Waals surface area contributed by atoms with E-state index in [1.165, 1.54) is 6.92 Å². The molecule has 2 aromatic carbocycles. The molecule has 2 aromatic rings. The van der Waals surface area contributed by atoms with Crippen molar-refractivity contribution in [2.45, 2.75) is 38.4 Å². The van der Waals surface area contributed by atoms with E-state index >= 15 is 0 Å². The molecule has 3 aliphatic heterocycles. The van der Waals surface area contributed by atoms with E-state index in [0.29, 0.717) is 41.7 Å². The van der Waals surface area contributed by atoms with E-state index in [4.69, 9.17) is 28.5 Å². The second-order valence-electron chi connectivity index (χ2n) is 8.72. The van der Waals surface area contributed by atoms with Gasteiger partial charge in [-0.3, -0.25) is 4.79 Å². The van der Waals surface area contributed by atoms with Gasteiger partial charge >= 0.3 is 0 Å². The monoisotopic (exact) mass is 465 g/mol. The summed E-state index contributed by atoms with van der Waals surface area (Å²) in [5.74, 6) is 2.91. The number of Topliss-reactive ketones (excluding diaryl/α,β-unsaturated/α-hetero) is 1. The molecule has 0 saturated heterocycles. The fourth-order valence-corrected chi connectivity index (χ4v) is 4.63. The van der Waals surface area contributed by atoms with E-state index in [1.807, 2.05) is 31.2 Å². The number of carbonyl (C=O) groups is 1. The fourth-order valence-electron chi connectivity index (χ4n) is 4.63. The summed E-state index contributed by atoms with van der Waals surface area (Å²) in [6.07, 6.45) is 0.174. The number of methoxy groups -OCH3 is 2. The van der Waals surface area contributed by atoms with Gasteiger partial charge in [0.25, 0.3) is 0 Å². The first-order chi connectivity index (χ1) is 16.4. The van der Waals surface area contributed by atoms with Gasteiger partial charge < -0.3 is 28.5 Å². The Balaban J connectivity index is 1.60. The summed E-state index contributed by atoms with van der Waals surface area (Å²) >= 11 is 0. The Morgan fingerprint density at radius 1 is 1.15 bits per heavy atom. The third-order valence-corrected chi connectivity index (χ3v) is 6.33. The number of ketones is 1. The maximum atomic E-state index is 11.8. The Bertz CT molecular complexity index is 1200. The van der Waals surface area contributed by atoms with Gasteiger partial charge in [-0.05, 0) is 37.6 Å². The Morgan fingerprint density at radius 3 is 2.62 bits per heavy atom. The second kappa shape index (κ2) is 8.59. The van der Waals surface area contributed by atoms with E-state index in [0.717, 1.165) is 28.0 Å². The Kier molecular flexibility index (Phi) is 5.59. The molecule has 0 N–H and O–H groups in total. The molecule has 3 aliphatic rings. The second-order valence-corrected chi connectivity index (χ2v) is 8.72. The third kappa shape index (κ3) is 3.63. The van der Waals surface area contributed by atoms with Crippen molar-refractivity contribution in [2.75, 3.05) is 27.4 Å². The van der Waals surface area contributed by atoms with Gasteiger partial charge in [0, 0.05) is 29.2 Å². The molecule has 0 aromatic heterocycles. The van der Waals surface area contributed by atoms with E-state index in [1.54, 1.807) is 14.2 Å². The van der Waals surface area contributed by atoms with Gasteiger partial charge in [-0.2, -0.15) is 0 Å². The number of rotatable bonds is 7. The zero-order chi connectivity index (χ0) is 24.0. The van der Waals surface area contributed by atoms with Crippen LogP contribution in [-0.2, 0) is 16.1 Å². The summed E-state index contributed by atoms with van der Waals surface area (Å²) < 4.78 is 29.0. The Morgan fingerprint density at radius 2 is 1.91 bits per heavy atom. The lowest BCUT2D eigenvalue weighted by atomic mass is 9.83. The van der Waals surface area contributed by atoms with Gasteiger partial charge in [0.2, 0.25) is 0 Å². The van der Waals surface area contributed by atoms with Crippen LogP contribution in [0.5, 0.6) is 28.7 Å². The summed E-state index contributed by atoms with van der Waals surface area (Å²) in [4.78, 5) is 17.6. The maximum Gasteiger partial charge on any atom is 0.173 e. The van der Waals surface area contributed by atoms with E-state index in [2.05, 4.69) is 11.7 Å². The zero-order valence-corrected chi connectivity index (χ0v) is 19.7. The number of carbonyl (C=O) groups excluding carboxylic acids is 1. The first-order valence-electron chi connectivity index (χ1n) is 11.1. The normalized spacial score (nSPS) is 21.6. The van der Waals surface area contributed by atoms with Crippen LogP contribution in [0.3, 0.4) is 0 Å². The molecule has 0 aliphatic carbocycles. The number of nitrogens with zero attached hydrogens (tertiary/aromatic N) is 1. The Hall–Kier alpha value is -3.68. The van der Waals surface area contributed by atoms with Crippen LogP contribution in [0.25, 0.3) is 0 Å². The van der Waals surface area contributed by atoms with E-state index < -0.39 is 0 Å². The van der Waals surface area contributed by atoms with E-state index in [-0.39, 0.29) is 30.5 Å². The van der Waals surface area contributed by atoms with Gasteiger partial charge in [-0.15, -0.1) is 0 Å². The highest BCUT2D eigenvalue weighted by Gasteiger charge is 2.44. The molecule has 3 atom stereocenters. The van der Waals surface area contributed by atoms with Crippen molar-refractivity contribution in [3.63, 3.8) is 0 Å². The van der Waals surface area contributed by atoms with Crippen molar-refractivity contribution < 1.29 is 33.3 Å². The molecule has 5 rings (SSSR count). The van der Waals surface area contributed by atoms with Gasteiger partial charge in [0.15, 0.2) is 23.4 Å².